The zero-order valence-electron chi connectivity index (χ0n) is 22.1. The molecule has 0 N–H and O–H groups in total. The highest BCUT2D eigenvalue weighted by Crippen LogP contribution is 2.42. The van der Waals surface area contributed by atoms with Crippen molar-refractivity contribution in [2.24, 2.45) is 5.10 Å². The van der Waals surface area contributed by atoms with Crippen molar-refractivity contribution in [3.05, 3.63) is 79.0 Å². The standard InChI is InChI=1S/C29H26BrClN4O4/c1-16(2)20-14-21(17(3)12-23(20)37-4)28-34-22-9-7-6-8-19(22)29(36)35(28)33-15-18-13-24(38-5)27(39-11-10-32)26(31)25(18)30/h6-9,12-16H,11H2,1-5H3. The lowest BCUT2D eigenvalue weighted by atomic mass is 9.96. The number of aryl methyl sites for hydroxylation is 1. The van der Waals surface area contributed by atoms with Crippen LogP contribution in [0.1, 0.15) is 36.5 Å². The van der Waals surface area contributed by atoms with E-state index in [0.717, 1.165) is 22.4 Å². The zero-order chi connectivity index (χ0) is 28.3. The van der Waals surface area contributed by atoms with Gasteiger partial charge in [0.25, 0.3) is 5.56 Å². The Bertz CT molecular complexity index is 1690. The van der Waals surface area contributed by atoms with Crippen molar-refractivity contribution in [1.29, 1.82) is 5.26 Å². The predicted octanol–water partition coefficient (Wildman–Crippen LogP) is 6.71. The number of hydrogen-bond acceptors (Lipinski definition) is 7. The highest BCUT2D eigenvalue weighted by molar-refractivity contribution is 9.10. The van der Waals surface area contributed by atoms with Crippen molar-refractivity contribution >= 4 is 44.6 Å². The van der Waals surface area contributed by atoms with E-state index in [1.807, 2.05) is 31.2 Å². The molecule has 0 aliphatic carbocycles. The van der Waals surface area contributed by atoms with Gasteiger partial charge in [0.05, 0.1) is 31.3 Å². The molecule has 0 spiro atoms. The summed E-state index contributed by atoms with van der Waals surface area (Å²) in [7, 11) is 3.11. The SMILES string of the molecule is COc1cc(C)c(-c2nc3ccccc3c(=O)n2N=Cc2cc(OC)c(OCC#N)c(Cl)c2Br)cc1C(C)C. The van der Waals surface area contributed by atoms with Gasteiger partial charge >= 0.3 is 0 Å². The Balaban J connectivity index is 1.96. The molecule has 10 heteroatoms. The van der Waals surface area contributed by atoms with Crippen LogP contribution < -0.4 is 19.8 Å². The molecule has 1 aromatic heterocycles. The second kappa shape index (κ2) is 11.9. The molecular weight excluding hydrogens is 584 g/mol. The number of halogens is 2. The number of nitrogens with zero attached hydrogens (tertiary/aromatic N) is 4. The van der Waals surface area contributed by atoms with Crippen molar-refractivity contribution in [2.75, 3.05) is 20.8 Å². The maximum Gasteiger partial charge on any atom is 0.282 e. The third-order valence-corrected chi connectivity index (χ3v) is 7.61. The van der Waals surface area contributed by atoms with Gasteiger partial charge < -0.3 is 14.2 Å². The predicted molar refractivity (Wildman–Crippen MR) is 157 cm³/mol. The Morgan fingerprint density at radius 3 is 2.56 bits per heavy atom. The van der Waals surface area contributed by atoms with Crippen LogP contribution in [0.5, 0.6) is 17.2 Å². The fourth-order valence-corrected chi connectivity index (χ4v) is 4.84. The zero-order valence-corrected chi connectivity index (χ0v) is 24.4. The van der Waals surface area contributed by atoms with Crippen LogP contribution in [-0.2, 0) is 0 Å². The fraction of sp³-hybridized carbons (Fsp3) is 0.241. The number of rotatable bonds is 8. The topological polar surface area (TPSA) is 98.7 Å². The van der Waals surface area contributed by atoms with E-state index in [1.54, 1.807) is 31.4 Å². The largest absolute Gasteiger partial charge is 0.496 e. The molecule has 3 aromatic carbocycles. The highest BCUT2D eigenvalue weighted by Gasteiger charge is 2.20. The van der Waals surface area contributed by atoms with Crippen molar-refractivity contribution in [1.82, 2.24) is 9.66 Å². The molecule has 4 aromatic rings. The summed E-state index contributed by atoms with van der Waals surface area (Å²) in [4.78, 5) is 18.6. The van der Waals surface area contributed by atoms with Gasteiger partial charge in [-0.2, -0.15) is 15.0 Å². The van der Waals surface area contributed by atoms with Crippen molar-refractivity contribution in [2.45, 2.75) is 26.7 Å². The first-order chi connectivity index (χ1) is 18.7. The number of benzene rings is 3. The van der Waals surface area contributed by atoms with Crippen LogP contribution in [0.15, 0.2) is 56.8 Å². The smallest absolute Gasteiger partial charge is 0.282 e. The lowest BCUT2D eigenvalue weighted by molar-refractivity contribution is 0.329. The summed E-state index contributed by atoms with van der Waals surface area (Å²) in [5, 5.41) is 14.1. The molecule has 0 saturated carbocycles. The van der Waals surface area contributed by atoms with Gasteiger partial charge in [-0.1, -0.05) is 37.6 Å². The van der Waals surface area contributed by atoms with E-state index in [4.69, 9.17) is 36.1 Å². The molecule has 200 valence electrons. The third-order valence-electron chi connectivity index (χ3n) is 6.16. The van der Waals surface area contributed by atoms with Crippen LogP contribution in [0.3, 0.4) is 0 Å². The summed E-state index contributed by atoms with van der Waals surface area (Å²) in [6.07, 6.45) is 1.50. The summed E-state index contributed by atoms with van der Waals surface area (Å²) in [5.41, 5.74) is 3.40. The van der Waals surface area contributed by atoms with Gasteiger partial charge in [-0.25, -0.2) is 4.98 Å². The molecule has 0 aliphatic heterocycles. The van der Waals surface area contributed by atoms with E-state index in [0.29, 0.717) is 32.5 Å². The van der Waals surface area contributed by atoms with Crippen LogP contribution in [0.4, 0.5) is 0 Å². The van der Waals surface area contributed by atoms with Gasteiger partial charge in [-0.3, -0.25) is 4.79 Å². The fourth-order valence-electron chi connectivity index (χ4n) is 4.18. The molecule has 0 radical (unpaired) electrons. The Morgan fingerprint density at radius 1 is 1.18 bits per heavy atom. The number of para-hydroxylation sites is 1. The van der Waals surface area contributed by atoms with Crippen molar-refractivity contribution in [3.63, 3.8) is 0 Å². The van der Waals surface area contributed by atoms with Crippen LogP contribution in [-0.4, -0.2) is 36.7 Å². The van der Waals surface area contributed by atoms with Crippen LogP contribution in [0.25, 0.3) is 22.3 Å². The second-order valence-electron chi connectivity index (χ2n) is 8.95. The number of aromatic nitrogens is 2. The number of nitriles is 1. The minimum absolute atomic E-state index is 0.177. The Kier molecular flexibility index (Phi) is 8.58. The average Bonchev–Trinajstić information content (AvgIpc) is 2.93. The minimum Gasteiger partial charge on any atom is -0.496 e. The number of methoxy groups -OCH3 is 2. The molecule has 4 rings (SSSR count). The molecule has 8 nitrogen and oxygen atoms in total. The van der Waals surface area contributed by atoms with E-state index < -0.39 is 0 Å². The minimum atomic E-state index is -0.323. The molecule has 0 saturated heterocycles. The molecule has 0 amide bonds. The molecule has 0 atom stereocenters. The van der Waals surface area contributed by atoms with E-state index >= 15 is 0 Å². The third kappa shape index (κ3) is 5.49. The highest BCUT2D eigenvalue weighted by atomic mass is 79.9. The first-order valence-electron chi connectivity index (χ1n) is 12.0. The quantitative estimate of drug-likeness (QED) is 0.206. The molecule has 0 fully saturated rings. The summed E-state index contributed by atoms with van der Waals surface area (Å²) in [6, 6.07) is 14.7. The van der Waals surface area contributed by atoms with Crippen molar-refractivity contribution < 1.29 is 14.2 Å². The second-order valence-corrected chi connectivity index (χ2v) is 10.1. The van der Waals surface area contributed by atoms with Gasteiger partial charge in [-0.05, 0) is 70.2 Å². The van der Waals surface area contributed by atoms with Gasteiger partial charge in [0.2, 0.25) is 0 Å². The van der Waals surface area contributed by atoms with Gasteiger partial charge in [0.15, 0.2) is 23.9 Å². The van der Waals surface area contributed by atoms with Crippen LogP contribution in [0.2, 0.25) is 5.02 Å². The molecule has 0 unspecified atom stereocenters. The molecule has 0 aliphatic rings. The van der Waals surface area contributed by atoms with Gasteiger partial charge in [-0.15, -0.1) is 0 Å². The average molecular weight is 610 g/mol. The lowest BCUT2D eigenvalue weighted by Gasteiger charge is -2.17. The summed E-state index contributed by atoms with van der Waals surface area (Å²) in [6.45, 7) is 5.90. The van der Waals surface area contributed by atoms with E-state index in [1.165, 1.54) is 18.0 Å². The van der Waals surface area contributed by atoms with Crippen molar-refractivity contribution in [3.8, 4) is 34.7 Å². The maximum atomic E-state index is 13.7. The maximum absolute atomic E-state index is 13.7. The summed E-state index contributed by atoms with van der Waals surface area (Å²) < 4.78 is 18.2. The Morgan fingerprint density at radius 2 is 1.90 bits per heavy atom. The van der Waals surface area contributed by atoms with E-state index in [9.17, 15) is 4.79 Å². The molecule has 0 bridgehead atoms. The monoisotopic (exact) mass is 608 g/mol. The number of fused-ring (bicyclic) bond motifs is 1. The summed E-state index contributed by atoms with van der Waals surface area (Å²) >= 11 is 9.99. The van der Waals surface area contributed by atoms with E-state index in [-0.39, 0.29) is 28.9 Å². The molecule has 39 heavy (non-hydrogen) atoms. The number of ether oxygens (including phenoxy) is 3. The lowest BCUT2D eigenvalue weighted by Crippen LogP contribution is -2.21. The first kappa shape index (κ1) is 28.1. The van der Waals surface area contributed by atoms with Crippen LogP contribution >= 0.6 is 27.5 Å². The van der Waals surface area contributed by atoms with Gasteiger partial charge in [0, 0.05) is 15.6 Å². The summed E-state index contributed by atoms with van der Waals surface area (Å²) in [5.74, 6) is 1.88. The molecular formula is C29H26BrClN4O4. The van der Waals surface area contributed by atoms with E-state index in [2.05, 4.69) is 34.9 Å². The number of hydrogen-bond donors (Lipinski definition) is 0. The van der Waals surface area contributed by atoms with Gasteiger partial charge in [0.1, 0.15) is 16.8 Å². The Hall–Kier alpha value is -3.87. The van der Waals surface area contributed by atoms with Crippen LogP contribution in [0, 0.1) is 18.3 Å². The normalized spacial score (nSPS) is 11.3. The Labute approximate surface area is 239 Å². The first-order valence-corrected chi connectivity index (χ1v) is 13.2. The molecule has 1 heterocycles.